The van der Waals surface area contributed by atoms with Crippen LogP contribution in [0.4, 0.5) is 5.69 Å². The summed E-state index contributed by atoms with van der Waals surface area (Å²) in [5, 5.41) is 8.04. The van der Waals surface area contributed by atoms with Crippen LogP contribution >= 0.6 is 23.2 Å². The lowest BCUT2D eigenvalue weighted by atomic mass is 10.1. The number of hydrogen-bond acceptors (Lipinski definition) is 3. The molecule has 0 bridgehead atoms. The summed E-state index contributed by atoms with van der Waals surface area (Å²) in [6.07, 6.45) is 0.168. The number of carbonyl (C=O) groups is 2. The predicted octanol–water partition coefficient (Wildman–Crippen LogP) is 4.44. The largest absolute Gasteiger partial charge is 0.336 e. The van der Waals surface area contributed by atoms with Crippen LogP contribution in [0.2, 0.25) is 10.0 Å². The lowest BCUT2D eigenvalue weighted by Crippen LogP contribution is -2.36. The molecule has 1 aromatic heterocycles. The van der Waals surface area contributed by atoms with Gasteiger partial charge in [-0.15, -0.1) is 0 Å². The fourth-order valence-electron chi connectivity index (χ4n) is 3.12. The Hall–Kier alpha value is -2.83. The molecule has 8 heteroatoms. The number of nitrogens with one attached hydrogen (secondary N) is 1. The first-order valence-electron chi connectivity index (χ1n) is 9.35. The summed E-state index contributed by atoms with van der Waals surface area (Å²) in [5.41, 5.74) is 4.01. The summed E-state index contributed by atoms with van der Waals surface area (Å²) < 4.78 is 1.83. The molecule has 0 atom stereocenters. The van der Waals surface area contributed by atoms with Crippen LogP contribution in [0.3, 0.4) is 0 Å². The number of rotatable bonds is 6. The van der Waals surface area contributed by atoms with E-state index in [0.29, 0.717) is 15.7 Å². The topological polar surface area (TPSA) is 67.2 Å². The second kappa shape index (κ2) is 9.32. The van der Waals surface area contributed by atoms with Gasteiger partial charge in [0.1, 0.15) is 0 Å². The normalized spacial score (nSPS) is 10.7. The van der Waals surface area contributed by atoms with Crippen molar-refractivity contribution in [2.24, 2.45) is 0 Å². The first kappa shape index (κ1) is 21.9. The number of benzene rings is 2. The average molecular weight is 445 g/mol. The fraction of sp³-hybridized carbons (Fsp3) is 0.227. The van der Waals surface area contributed by atoms with Crippen molar-refractivity contribution in [3.8, 4) is 5.69 Å². The summed E-state index contributed by atoms with van der Waals surface area (Å²) in [6.45, 7) is 3.74. The summed E-state index contributed by atoms with van der Waals surface area (Å²) in [6, 6.07) is 14.6. The zero-order valence-electron chi connectivity index (χ0n) is 16.9. The number of hydrogen-bond donors (Lipinski definition) is 1. The highest BCUT2D eigenvalue weighted by atomic mass is 35.5. The standard InChI is InChI=1S/C22H22Cl2N4O2/c1-14-18(15(2)28(26-14)17-7-5-4-6-8-17)12-22(30)27(3)13-21(29)25-16-9-10-19(23)20(24)11-16/h4-11H,12-13H2,1-3H3,(H,25,29). The summed E-state index contributed by atoms with van der Waals surface area (Å²) in [7, 11) is 1.60. The number of halogens is 2. The molecule has 0 radical (unpaired) electrons. The minimum atomic E-state index is -0.322. The molecule has 0 saturated carbocycles. The van der Waals surface area contributed by atoms with Gasteiger partial charge in [-0.3, -0.25) is 9.59 Å². The van der Waals surface area contributed by atoms with Crippen LogP contribution in [0, 0.1) is 13.8 Å². The minimum absolute atomic E-state index is 0.0794. The maximum atomic E-state index is 12.7. The van der Waals surface area contributed by atoms with Crippen LogP contribution in [0.25, 0.3) is 5.69 Å². The van der Waals surface area contributed by atoms with Gasteiger partial charge >= 0.3 is 0 Å². The van der Waals surface area contributed by atoms with E-state index < -0.39 is 0 Å². The van der Waals surface area contributed by atoms with Gasteiger partial charge < -0.3 is 10.2 Å². The fourth-order valence-corrected chi connectivity index (χ4v) is 3.41. The molecule has 0 spiro atoms. The quantitative estimate of drug-likeness (QED) is 0.610. The number of aromatic nitrogens is 2. The van der Waals surface area contributed by atoms with Gasteiger partial charge in [-0.1, -0.05) is 41.4 Å². The highest BCUT2D eigenvalue weighted by molar-refractivity contribution is 6.42. The Morgan fingerprint density at radius 3 is 2.43 bits per heavy atom. The molecule has 1 N–H and O–H groups in total. The highest BCUT2D eigenvalue weighted by Gasteiger charge is 2.19. The number of para-hydroxylation sites is 1. The highest BCUT2D eigenvalue weighted by Crippen LogP contribution is 2.25. The molecule has 0 aliphatic heterocycles. The number of carbonyl (C=O) groups excluding carboxylic acids is 2. The van der Waals surface area contributed by atoms with Gasteiger partial charge in [-0.2, -0.15) is 5.10 Å². The van der Waals surface area contributed by atoms with Crippen molar-refractivity contribution in [3.05, 3.63) is 75.5 Å². The predicted molar refractivity (Wildman–Crippen MR) is 119 cm³/mol. The van der Waals surface area contributed by atoms with Gasteiger partial charge in [0.2, 0.25) is 11.8 Å². The maximum Gasteiger partial charge on any atom is 0.243 e. The molecule has 3 rings (SSSR count). The smallest absolute Gasteiger partial charge is 0.243 e. The van der Waals surface area contributed by atoms with Crippen molar-refractivity contribution in [1.29, 1.82) is 0 Å². The van der Waals surface area contributed by atoms with Crippen LogP contribution in [0.15, 0.2) is 48.5 Å². The first-order valence-corrected chi connectivity index (χ1v) is 10.1. The molecular weight excluding hydrogens is 423 g/mol. The summed E-state index contributed by atoms with van der Waals surface area (Å²) in [5.74, 6) is -0.490. The minimum Gasteiger partial charge on any atom is -0.336 e. The van der Waals surface area contributed by atoms with E-state index in [1.165, 1.54) is 4.90 Å². The van der Waals surface area contributed by atoms with E-state index in [0.717, 1.165) is 22.6 Å². The van der Waals surface area contributed by atoms with Crippen LogP contribution in [-0.2, 0) is 16.0 Å². The van der Waals surface area contributed by atoms with E-state index >= 15 is 0 Å². The second-order valence-electron chi connectivity index (χ2n) is 7.00. The zero-order chi connectivity index (χ0) is 21.8. The van der Waals surface area contributed by atoms with E-state index in [-0.39, 0.29) is 24.8 Å². The molecule has 3 aromatic rings. The number of anilines is 1. The Morgan fingerprint density at radius 2 is 1.77 bits per heavy atom. The molecule has 0 fully saturated rings. The molecule has 0 aliphatic carbocycles. The van der Waals surface area contributed by atoms with Gasteiger partial charge in [0.25, 0.3) is 0 Å². The van der Waals surface area contributed by atoms with Crippen LogP contribution < -0.4 is 5.32 Å². The molecule has 156 valence electrons. The number of amides is 2. The van der Waals surface area contributed by atoms with Crippen molar-refractivity contribution in [2.45, 2.75) is 20.3 Å². The Bertz CT molecular complexity index is 1080. The van der Waals surface area contributed by atoms with Gasteiger partial charge in [0.15, 0.2) is 0 Å². The van der Waals surface area contributed by atoms with Crippen LogP contribution in [-0.4, -0.2) is 40.1 Å². The molecule has 0 unspecified atom stereocenters. The Kier molecular flexibility index (Phi) is 6.80. The second-order valence-corrected chi connectivity index (χ2v) is 7.81. The van der Waals surface area contributed by atoms with E-state index in [4.69, 9.17) is 23.2 Å². The molecule has 2 amide bonds. The number of likely N-dealkylation sites (N-methyl/N-ethyl adjacent to an activating group) is 1. The van der Waals surface area contributed by atoms with Crippen LogP contribution in [0.5, 0.6) is 0 Å². The zero-order valence-corrected chi connectivity index (χ0v) is 18.5. The van der Waals surface area contributed by atoms with Crippen molar-refractivity contribution in [3.63, 3.8) is 0 Å². The Morgan fingerprint density at radius 1 is 1.07 bits per heavy atom. The van der Waals surface area contributed by atoms with Gasteiger partial charge in [0, 0.05) is 24.0 Å². The summed E-state index contributed by atoms with van der Waals surface area (Å²) in [4.78, 5) is 26.4. The third-order valence-corrected chi connectivity index (χ3v) is 5.52. The molecule has 30 heavy (non-hydrogen) atoms. The molecular formula is C22H22Cl2N4O2. The summed E-state index contributed by atoms with van der Waals surface area (Å²) >= 11 is 11.8. The van der Waals surface area contributed by atoms with E-state index in [2.05, 4.69) is 10.4 Å². The van der Waals surface area contributed by atoms with Crippen LogP contribution in [0.1, 0.15) is 17.0 Å². The third kappa shape index (κ3) is 5.01. The van der Waals surface area contributed by atoms with Crippen molar-refractivity contribution in [2.75, 3.05) is 18.9 Å². The number of nitrogens with zero attached hydrogens (tertiary/aromatic N) is 3. The lowest BCUT2D eigenvalue weighted by molar-refractivity contribution is -0.132. The monoisotopic (exact) mass is 444 g/mol. The van der Waals surface area contributed by atoms with Gasteiger partial charge in [-0.05, 0) is 44.2 Å². The van der Waals surface area contributed by atoms with Crippen molar-refractivity contribution < 1.29 is 9.59 Å². The maximum absolute atomic E-state index is 12.7. The Balaban J connectivity index is 1.65. The Labute approximate surface area is 185 Å². The number of aryl methyl sites for hydroxylation is 1. The molecule has 1 heterocycles. The van der Waals surface area contributed by atoms with Crippen molar-refractivity contribution in [1.82, 2.24) is 14.7 Å². The first-order chi connectivity index (χ1) is 14.3. The molecule has 6 nitrogen and oxygen atoms in total. The SMILES string of the molecule is Cc1nn(-c2ccccc2)c(C)c1CC(=O)N(C)CC(=O)Nc1ccc(Cl)c(Cl)c1. The van der Waals surface area contributed by atoms with Gasteiger partial charge in [0.05, 0.1) is 34.4 Å². The van der Waals surface area contributed by atoms with Gasteiger partial charge in [-0.25, -0.2) is 4.68 Å². The average Bonchev–Trinajstić information content (AvgIpc) is 2.99. The van der Waals surface area contributed by atoms with E-state index in [9.17, 15) is 9.59 Å². The van der Waals surface area contributed by atoms with E-state index in [1.807, 2.05) is 48.9 Å². The molecule has 2 aromatic carbocycles. The van der Waals surface area contributed by atoms with E-state index in [1.54, 1.807) is 25.2 Å². The molecule has 0 saturated heterocycles. The lowest BCUT2D eigenvalue weighted by Gasteiger charge is -2.17. The van der Waals surface area contributed by atoms with Crippen molar-refractivity contribution >= 4 is 40.7 Å². The molecule has 0 aliphatic rings. The third-order valence-electron chi connectivity index (χ3n) is 4.78.